The number of halogens is 1. The smallest absolute Gasteiger partial charge is 0.224 e. The average Bonchev–Trinajstić information content (AvgIpc) is 1.99. The summed E-state index contributed by atoms with van der Waals surface area (Å²) in [5.74, 6) is 0.803. The van der Waals surface area contributed by atoms with Gasteiger partial charge in [0.2, 0.25) is 5.28 Å². The Kier molecular flexibility index (Phi) is 3.91. The van der Waals surface area contributed by atoms with Crippen molar-refractivity contribution in [1.29, 1.82) is 0 Å². The highest BCUT2D eigenvalue weighted by Gasteiger charge is 2.09. The number of hydrogen-bond acceptors (Lipinski definition) is 3. The van der Waals surface area contributed by atoms with Gasteiger partial charge in [-0.3, -0.25) is 0 Å². The van der Waals surface area contributed by atoms with Crippen LogP contribution in [0.15, 0.2) is 6.07 Å². The Labute approximate surface area is 96.3 Å². The predicted octanol–water partition coefficient (Wildman–Crippen LogP) is 3.29. The van der Waals surface area contributed by atoms with E-state index in [1.165, 1.54) is 0 Å². The Morgan fingerprint density at radius 1 is 1.33 bits per heavy atom. The summed E-state index contributed by atoms with van der Waals surface area (Å²) >= 11 is 5.76. The standard InChI is InChI=1S/C11H18ClN3/c1-8-7-9(15-10(12)14-8)13-6-5-11(2,3)4/h7H,5-6H2,1-4H3,(H,13,14,15). The van der Waals surface area contributed by atoms with Crippen molar-refractivity contribution in [3.63, 3.8) is 0 Å². The minimum atomic E-state index is 0.299. The Balaban J connectivity index is 2.51. The predicted molar refractivity (Wildman–Crippen MR) is 64.3 cm³/mol. The first kappa shape index (κ1) is 12.2. The van der Waals surface area contributed by atoms with E-state index in [0.29, 0.717) is 10.7 Å². The van der Waals surface area contributed by atoms with Crippen LogP contribution in [-0.2, 0) is 0 Å². The van der Waals surface area contributed by atoms with Crippen LogP contribution in [0.5, 0.6) is 0 Å². The summed E-state index contributed by atoms with van der Waals surface area (Å²) in [5.41, 5.74) is 1.21. The third-order valence-corrected chi connectivity index (χ3v) is 2.18. The minimum Gasteiger partial charge on any atom is -0.370 e. The summed E-state index contributed by atoms with van der Waals surface area (Å²) in [6.07, 6.45) is 1.09. The van der Waals surface area contributed by atoms with E-state index in [1.807, 2.05) is 13.0 Å². The van der Waals surface area contributed by atoms with Crippen LogP contribution in [0.25, 0.3) is 0 Å². The zero-order chi connectivity index (χ0) is 11.5. The molecule has 0 saturated heterocycles. The van der Waals surface area contributed by atoms with Crippen molar-refractivity contribution < 1.29 is 0 Å². The quantitative estimate of drug-likeness (QED) is 0.806. The third kappa shape index (κ3) is 4.98. The fourth-order valence-electron chi connectivity index (χ4n) is 1.19. The molecule has 0 unspecified atom stereocenters. The molecule has 0 spiro atoms. The lowest BCUT2D eigenvalue weighted by atomic mass is 9.92. The van der Waals surface area contributed by atoms with E-state index in [9.17, 15) is 0 Å². The van der Waals surface area contributed by atoms with Crippen molar-refractivity contribution in [2.24, 2.45) is 5.41 Å². The van der Waals surface area contributed by atoms with Crippen LogP contribution in [0.2, 0.25) is 5.28 Å². The Morgan fingerprint density at radius 3 is 2.53 bits per heavy atom. The Bertz CT molecular complexity index is 311. The minimum absolute atomic E-state index is 0.299. The molecule has 0 aliphatic rings. The van der Waals surface area contributed by atoms with Gasteiger partial charge in [-0.25, -0.2) is 9.97 Å². The summed E-state index contributed by atoms with van der Waals surface area (Å²) in [6, 6.07) is 1.90. The zero-order valence-electron chi connectivity index (χ0n) is 9.76. The molecule has 0 bridgehead atoms. The molecule has 1 rings (SSSR count). The first-order chi connectivity index (χ1) is 6.87. The van der Waals surface area contributed by atoms with Crippen molar-refractivity contribution in [2.45, 2.75) is 34.1 Å². The van der Waals surface area contributed by atoms with Gasteiger partial charge in [-0.05, 0) is 30.4 Å². The number of rotatable bonds is 3. The molecule has 84 valence electrons. The number of aryl methyl sites for hydroxylation is 1. The molecule has 1 aromatic heterocycles. The maximum absolute atomic E-state index is 5.76. The van der Waals surface area contributed by atoms with Gasteiger partial charge < -0.3 is 5.32 Å². The number of aromatic nitrogens is 2. The summed E-state index contributed by atoms with van der Waals surface area (Å²) in [4.78, 5) is 8.10. The lowest BCUT2D eigenvalue weighted by molar-refractivity contribution is 0.389. The molecule has 0 aliphatic carbocycles. The summed E-state index contributed by atoms with van der Waals surface area (Å²) in [7, 11) is 0. The molecule has 0 atom stereocenters. The number of hydrogen-bond donors (Lipinski definition) is 1. The van der Waals surface area contributed by atoms with Crippen molar-refractivity contribution in [1.82, 2.24) is 9.97 Å². The molecule has 0 amide bonds. The van der Waals surface area contributed by atoms with E-state index in [0.717, 1.165) is 24.5 Å². The van der Waals surface area contributed by atoms with Gasteiger partial charge in [0.05, 0.1) is 0 Å². The molecule has 1 aromatic rings. The summed E-state index contributed by atoms with van der Waals surface area (Å²) in [5, 5.41) is 3.55. The van der Waals surface area contributed by atoms with Gasteiger partial charge >= 0.3 is 0 Å². The Morgan fingerprint density at radius 2 is 2.00 bits per heavy atom. The van der Waals surface area contributed by atoms with Gasteiger partial charge in [-0.15, -0.1) is 0 Å². The van der Waals surface area contributed by atoms with Crippen LogP contribution in [0.3, 0.4) is 0 Å². The van der Waals surface area contributed by atoms with Crippen LogP contribution in [0.1, 0.15) is 32.9 Å². The fraction of sp³-hybridized carbons (Fsp3) is 0.636. The molecule has 1 heterocycles. The molecular formula is C11H18ClN3. The second-order valence-corrected chi connectivity index (χ2v) is 5.24. The lowest BCUT2D eigenvalue weighted by Crippen LogP contribution is -2.13. The van der Waals surface area contributed by atoms with Crippen LogP contribution < -0.4 is 5.32 Å². The number of anilines is 1. The van der Waals surface area contributed by atoms with Crippen molar-refractivity contribution in [3.8, 4) is 0 Å². The number of nitrogens with one attached hydrogen (secondary N) is 1. The van der Waals surface area contributed by atoms with E-state index < -0.39 is 0 Å². The molecule has 4 heteroatoms. The Hall–Kier alpha value is -0.830. The first-order valence-electron chi connectivity index (χ1n) is 5.12. The van der Waals surface area contributed by atoms with E-state index in [4.69, 9.17) is 11.6 Å². The SMILES string of the molecule is Cc1cc(NCCC(C)(C)C)nc(Cl)n1. The molecular weight excluding hydrogens is 210 g/mol. The van der Waals surface area contributed by atoms with Crippen LogP contribution in [-0.4, -0.2) is 16.5 Å². The second kappa shape index (κ2) is 4.79. The van der Waals surface area contributed by atoms with Gasteiger partial charge in [-0.2, -0.15) is 0 Å². The van der Waals surface area contributed by atoms with E-state index >= 15 is 0 Å². The fourth-order valence-corrected chi connectivity index (χ4v) is 1.41. The maximum atomic E-state index is 5.76. The molecule has 1 N–H and O–H groups in total. The first-order valence-corrected chi connectivity index (χ1v) is 5.50. The van der Waals surface area contributed by atoms with E-state index in [1.54, 1.807) is 0 Å². The lowest BCUT2D eigenvalue weighted by Gasteiger charge is -2.18. The molecule has 3 nitrogen and oxygen atoms in total. The third-order valence-electron chi connectivity index (χ3n) is 2.01. The van der Waals surface area contributed by atoms with Gasteiger partial charge in [0, 0.05) is 18.3 Å². The molecule has 15 heavy (non-hydrogen) atoms. The van der Waals surface area contributed by atoms with Crippen LogP contribution in [0, 0.1) is 12.3 Å². The van der Waals surface area contributed by atoms with Gasteiger partial charge in [0.15, 0.2) is 0 Å². The van der Waals surface area contributed by atoms with Gasteiger partial charge in [0.25, 0.3) is 0 Å². The highest BCUT2D eigenvalue weighted by atomic mass is 35.5. The van der Waals surface area contributed by atoms with Crippen molar-refractivity contribution in [3.05, 3.63) is 17.0 Å². The van der Waals surface area contributed by atoms with Crippen molar-refractivity contribution >= 4 is 17.4 Å². The van der Waals surface area contributed by atoms with Crippen LogP contribution in [0.4, 0.5) is 5.82 Å². The second-order valence-electron chi connectivity index (χ2n) is 4.90. The monoisotopic (exact) mass is 227 g/mol. The van der Waals surface area contributed by atoms with E-state index in [-0.39, 0.29) is 0 Å². The summed E-state index contributed by atoms with van der Waals surface area (Å²) in [6.45, 7) is 9.45. The van der Waals surface area contributed by atoms with Gasteiger partial charge in [0.1, 0.15) is 5.82 Å². The highest BCUT2D eigenvalue weighted by molar-refractivity contribution is 6.28. The molecule has 0 aliphatic heterocycles. The maximum Gasteiger partial charge on any atom is 0.224 e. The van der Waals surface area contributed by atoms with Crippen molar-refractivity contribution in [2.75, 3.05) is 11.9 Å². The molecule has 0 fully saturated rings. The number of nitrogens with zero attached hydrogens (tertiary/aromatic N) is 2. The molecule has 0 radical (unpaired) electrons. The molecule has 0 saturated carbocycles. The van der Waals surface area contributed by atoms with E-state index in [2.05, 4.69) is 36.1 Å². The molecule has 0 aromatic carbocycles. The average molecular weight is 228 g/mol. The van der Waals surface area contributed by atoms with Gasteiger partial charge in [-0.1, -0.05) is 20.8 Å². The van der Waals surface area contributed by atoms with Crippen LogP contribution >= 0.6 is 11.6 Å². The largest absolute Gasteiger partial charge is 0.370 e. The zero-order valence-corrected chi connectivity index (χ0v) is 10.5. The topological polar surface area (TPSA) is 37.8 Å². The summed E-state index contributed by atoms with van der Waals surface area (Å²) < 4.78 is 0. The normalized spacial score (nSPS) is 11.5. The highest BCUT2D eigenvalue weighted by Crippen LogP contribution is 2.18.